The van der Waals surface area contributed by atoms with Crippen LogP contribution >= 0.6 is 0 Å². The van der Waals surface area contributed by atoms with Crippen LogP contribution in [0.5, 0.6) is 0 Å². The molecule has 18 heavy (non-hydrogen) atoms. The normalized spacial score (nSPS) is 27.2. The van der Waals surface area contributed by atoms with Crippen LogP contribution in [0.4, 0.5) is 0 Å². The molecular formula is C16H26N2. The van der Waals surface area contributed by atoms with Gasteiger partial charge >= 0.3 is 0 Å². The molecule has 2 heteroatoms. The zero-order valence-corrected chi connectivity index (χ0v) is 12.1. The average molecular weight is 246 g/mol. The maximum absolute atomic E-state index is 6.05. The number of benzene rings is 1. The van der Waals surface area contributed by atoms with Gasteiger partial charge in [-0.05, 0) is 46.1 Å². The molecular weight excluding hydrogens is 220 g/mol. The first-order valence-electron chi connectivity index (χ1n) is 7.07. The Morgan fingerprint density at radius 3 is 2.39 bits per heavy atom. The highest BCUT2D eigenvalue weighted by Crippen LogP contribution is 2.28. The summed E-state index contributed by atoms with van der Waals surface area (Å²) in [6.07, 6.45) is 2.24. The van der Waals surface area contributed by atoms with E-state index in [1.807, 2.05) is 0 Å². The van der Waals surface area contributed by atoms with Crippen LogP contribution in [0, 0.1) is 13.8 Å². The van der Waals surface area contributed by atoms with Crippen LogP contribution in [0.3, 0.4) is 0 Å². The van der Waals surface area contributed by atoms with Crippen molar-refractivity contribution < 1.29 is 0 Å². The molecule has 0 amide bonds. The van der Waals surface area contributed by atoms with E-state index in [0.717, 1.165) is 19.4 Å². The Kier molecular flexibility index (Phi) is 4.08. The lowest BCUT2D eigenvalue weighted by Gasteiger charge is -2.40. The fraction of sp³-hybridized carbons (Fsp3) is 0.625. The molecule has 2 N–H and O–H groups in total. The molecule has 1 heterocycles. The van der Waals surface area contributed by atoms with E-state index in [0.29, 0.717) is 18.1 Å². The lowest BCUT2D eigenvalue weighted by Crippen LogP contribution is -2.46. The Balaban J connectivity index is 2.17. The van der Waals surface area contributed by atoms with Crippen LogP contribution in [-0.4, -0.2) is 23.5 Å². The minimum absolute atomic E-state index is 0.391. The number of hydrogen-bond donors (Lipinski definition) is 1. The molecule has 3 unspecified atom stereocenters. The van der Waals surface area contributed by atoms with Crippen LogP contribution < -0.4 is 5.73 Å². The number of nitrogens with two attached hydrogens (primary N) is 1. The fourth-order valence-electron chi connectivity index (χ4n) is 3.24. The van der Waals surface area contributed by atoms with Crippen molar-refractivity contribution >= 4 is 0 Å². The predicted octanol–water partition coefficient (Wildman–Crippen LogP) is 3.18. The molecule has 2 nitrogen and oxygen atoms in total. The lowest BCUT2D eigenvalue weighted by atomic mass is 9.94. The highest BCUT2D eigenvalue weighted by atomic mass is 15.2. The van der Waals surface area contributed by atoms with E-state index in [-0.39, 0.29) is 0 Å². The third-order valence-electron chi connectivity index (χ3n) is 4.19. The van der Waals surface area contributed by atoms with E-state index in [2.05, 4.69) is 50.8 Å². The van der Waals surface area contributed by atoms with Crippen molar-refractivity contribution in [3.8, 4) is 0 Å². The molecule has 1 saturated heterocycles. The van der Waals surface area contributed by atoms with Gasteiger partial charge in [-0.15, -0.1) is 0 Å². The molecule has 2 rings (SSSR count). The van der Waals surface area contributed by atoms with Gasteiger partial charge in [0.1, 0.15) is 0 Å². The van der Waals surface area contributed by atoms with Crippen molar-refractivity contribution in [1.29, 1.82) is 0 Å². The van der Waals surface area contributed by atoms with Gasteiger partial charge in [-0.3, -0.25) is 4.90 Å². The molecule has 0 saturated carbocycles. The summed E-state index contributed by atoms with van der Waals surface area (Å²) >= 11 is 0. The standard InChI is InChI=1S/C16H26N2/c1-11-7-12(2)9-15(8-11)14(4)18-6-5-16(17)10-13(18)3/h7-9,13-14,16H,5-6,10,17H2,1-4H3. The summed E-state index contributed by atoms with van der Waals surface area (Å²) in [7, 11) is 0. The number of piperidine rings is 1. The van der Waals surface area contributed by atoms with Gasteiger partial charge in [-0.25, -0.2) is 0 Å². The first kappa shape index (κ1) is 13.6. The van der Waals surface area contributed by atoms with Crippen molar-refractivity contribution in [2.24, 2.45) is 5.73 Å². The Hall–Kier alpha value is -0.860. The average Bonchev–Trinajstić information content (AvgIpc) is 2.26. The zero-order chi connectivity index (χ0) is 13.3. The molecule has 0 bridgehead atoms. The molecule has 1 fully saturated rings. The molecule has 1 aromatic rings. The van der Waals surface area contributed by atoms with E-state index in [9.17, 15) is 0 Å². The van der Waals surface area contributed by atoms with Gasteiger partial charge in [0.05, 0.1) is 0 Å². The van der Waals surface area contributed by atoms with Gasteiger partial charge in [0.15, 0.2) is 0 Å². The second-order valence-corrected chi connectivity index (χ2v) is 5.97. The third kappa shape index (κ3) is 2.93. The van der Waals surface area contributed by atoms with Gasteiger partial charge in [-0.2, -0.15) is 0 Å². The van der Waals surface area contributed by atoms with Crippen LogP contribution in [0.15, 0.2) is 18.2 Å². The van der Waals surface area contributed by atoms with Gasteiger partial charge in [0, 0.05) is 24.7 Å². The Bertz CT molecular complexity index is 393. The summed E-state index contributed by atoms with van der Waals surface area (Å²) in [6.45, 7) is 10.1. The molecule has 1 aromatic carbocycles. The monoisotopic (exact) mass is 246 g/mol. The summed E-state index contributed by atoms with van der Waals surface area (Å²) in [5.41, 5.74) is 10.2. The SMILES string of the molecule is Cc1cc(C)cc(C(C)N2CCC(N)CC2C)c1. The highest BCUT2D eigenvalue weighted by Gasteiger charge is 2.27. The van der Waals surface area contributed by atoms with E-state index in [4.69, 9.17) is 5.73 Å². The van der Waals surface area contributed by atoms with Gasteiger partial charge < -0.3 is 5.73 Å². The smallest absolute Gasteiger partial charge is 0.0322 e. The highest BCUT2D eigenvalue weighted by molar-refractivity contribution is 5.30. The molecule has 1 aliphatic heterocycles. The quantitative estimate of drug-likeness (QED) is 0.868. The summed E-state index contributed by atoms with van der Waals surface area (Å²) in [5, 5.41) is 0. The Labute approximate surface area is 111 Å². The number of likely N-dealkylation sites (tertiary alicyclic amines) is 1. The van der Waals surface area contributed by atoms with E-state index in [1.54, 1.807) is 0 Å². The summed E-state index contributed by atoms with van der Waals surface area (Å²) in [5.74, 6) is 0. The summed E-state index contributed by atoms with van der Waals surface area (Å²) < 4.78 is 0. The Morgan fingerprint density at radius 2 is 1.83 bits per heavy atom. The summed E-state index contributed by atoms with van der Waals surface area (Å²) in [6, 6.07) is 8.35. The van der Waals surface area contributed by atoms with Crippen molar-refractivity contribution in [3.63, 3.8) is 0 Å². The minimum atomic E-state index is 0.391. The molecule has 0 radical (unpaired) electrons. The first-order valence-corrected chi connectivity index (χ1v) is 7.07. The van der Waals surface area contributed by atoms with Crippen molar-refractivity contribution in [3.05, 3.63) is 34.9 Å². The largest absolute Gasteiger partial charge is 0.328 e. The maximum Gasteiger partial charge on any atom is 0.0322 e. The second-order valence-electron chi connectivity index (χ2n) is 5.97. The number of nitrogens with zero attached hydrogens (tertiary/aromatic N) is 1. The van der Waals surface area contributed by atoms with Crippen LogP contribution in [0.1, 0.15) is 49.4 Å². The summed E-state index contributed by atoms with van der Waals surface area (Å²) in [4.78, 5) is 2.59. The number of rotatable bonds is 2. The van der Waals surface area contributed by atoms with Crippen LogP contribution in [-0.2, 0) is 0 Å². The first-order chi connectivity index (χ1) is 8.47. The third-order valence-corrected chi connectivity index (χ3v) is 4.19. The van der Waals surface area contributed by atoms with E-state index >= 15 is 0 Å². The van der Waals surface area contributed by atoms with E-state index < -0.39 is 0 Å². The van der Waals surface area contributed by atoms with Gasteiger partial charge in [-0.1, -0.05) is 29.3 Å². The maximum atomic E-state index is 6.05. The van der Waals surface area contributed by atoms with E-state index in [1.165, 1.54) is 16.7 Å². The molecule has 0 aliphatic carbocycles. The molecule has 0 aromatic heterocycles. The van der Waals surface area contributed by atoms with Crippen LogP contribution in [0.25, 0.3) is 0 Å². The van der Waals surface area contributed by atoms with Crippen molar-refractivity contribution in [1.82, 2.24) is 4.90 Å². The molecule has 3 atom stereocenters. The molecule has 100 valence electrons. The molecule has 1 aliphatic rings. The van der Waals surface area contributed by atoms with Gasteiger partial charge in [0.2, 0.25) is 0 Å². The zero-order valence-electron chi connectivity index (χ0n) is 12.1. The number of aryl methyl sites for hydroxylation is 2. The minimum Gasteiger partial charge on any atom is -0.328 e. The van der Waals surface area contributed by atoms with Crippen molar-refractivity contribution in [2.45, 2.75) is 58.7 Å². The van der Waals surface area contributed by atoms with Crippen LogP contribution in [0.2, 0.25) is 0 Å². The predicted molar refractivity (Wildman–Crippen MR) is 77.7 cm³/mol. The fourth-order valence-corrected chi connectivity index (χ4v) is 3.24. The van der Waals surface area contributed by atoms with Gasteiger partial charge in [0.25, 0.3) is 0 Å². The van der Waals surface area contributed by atoms with Crippen molar-refractivity contribution in [2.75, 3.05) is 6.54 Å². The second kappa shape index (κ2) is 5.41. The molecule has 0 spiro atoms. The number of hydrogen-bond acceptors (Lipinski definition) is 2. The Morgan fingerprint density at radius 1 is 1.22 bits per heavy atom. The lowest BCUT2D eigenvalue weighted by molar-refractivity contribution is 0.104. The topological polar surface area (TPSA) is 29.3 Å².